The Hall–Kier alpha value is -0.380. The topological polar surface area (TPSA) is 15.3 Å². The first-order chi connectivity index (χ1) is 8.11. The molecule has 96 valence electrons. The first kappa shape index (κ1) is 14.7. The van der Waals surface area contributed by atoms with Crippen LogP contribution in [0.3, 0.4) is 0 Å². The lowest BCUT2D eigenvalue weighted by atomic mass is 10.2. The molecule has 2 nitrogen and oxygen atoms in total. The van der Waals surface area contributed by atoms with E-state index < -0.39 is 0 Å². The number of rotatable bonds is 7. The fraction of sp³-hybridized carbons (Fsp3) is 0.571. The zero-order chi connectivity index (χ0) is 12.7. The Balaban J connectivity index is 2.29. The average molecular weight is 299 g/mol. The van der Waals surface area contributed by atoms with Crippen molar-refractivity contribution >= 4 is 15.9 Å². The summed E-state index contributed by atoms with van der Waals surface area (Å²) in [6.45, 7) is 7.60. The van der Waals surface area contributed by atoms with Gasteiger partial charge in [-0.05, 0) is 51.2 Å². The molecule has 0 saturated heterocycles. The lowest BCUT2D eigenvalue weighted by Crippen LogP contribution is -2.30. The Morgan fingerprint density at radius 1 is 1.29 bits per heavy atom. The number of nitrogens with zero attached hydrogens (tertiary/aromatic N) is 1. The second-order valence-corrected chi connectivity index (χ2v) is 5.53. The van der Waals surface area contributed by atoms with Gasteiger partial charge in [0.25, 0.3) is 0 Å². The van der Waals surface area contributed by atoms with Crippen molar-refractivity contribution in [1.29, 1.82) is 0 Å². The fourth-order valence-corrected chi connectivity index (χ4v) is 2.11. The third-order valence-corrected chi connectivity index (χ3v) is 3.39. The molecule has 0 amide bonds. The zero-order valence-corrected chi connectivity index (χ0v) is 12.6. The van der Waals surface area contributed by atoms with Crippen molar-refractivity contribution in [1.82, 2.24) is 10.2 Å². The molecule has 0 fully saturated rings. The average Bonchev–Trinajstić information content (AvgIpc) is 2.30. The molecule has 1 atom stereocenters. The van der Waals surface area contributed by atoms with E-state index in [4.69, 9.17) is 0 Å². The van der Waals surface area contributed by atoms with E-state index in [1.165, 1.54) is 12.0 Å². The van der Waals surface area contributed by atoms with Crippen LogP contribution in [-0.4, -0.2) is 31.1 Å². The number of benzene rings is 1. The van der Waals surface area contributed by atoms with E-state index in [1.807, 2.05) is 0 Å². The van der Waals surface area contributed by atoms with E-state index in [2.05, 4.69) is 71.3 Å². The molecular formula is C14H23BrN2. The summed E-state index contributed by atoms with van der Waals surface area (Å²) in [7, 11) is 2.18. The second-order valence-electron chi connectivity index (χ2n) is 4.61. The van der Waals surface area contributed by atoms with Gasteiger partial charge in [-0.2, -0.15) is 0 Å². The molecule has 1 aromatic carbocycles. The van der Waals surface area contributed by atoms with E-state index in [0.29, 0.717) is 6.04 Å². The molecule has 1 aromatic rings. The summed E-state index contributed by atoms with van der Waals surface area (Å²) in [5, 5.41) is 3.44. The third kappa shape index (κ3) is 6.20. The van der Waals surface area contributed by atoms with Gasteiger partial charge in [0, 0.05) is 17.1 Å². The van der Waals surface area contributed by atoms with Crippen LogP contribution in [0.5, 0.6) is 0 Å². The van der Waals surface area contributed by atoms with Crippen molar-refractivity contribution in [2.45, 2.75) is 32.9 Å². The quantitative estimate of drug-likeness (QED) is 0.831. The Morgan fingerprint density at radius 3 is 2.53 bits per heavy atom. The highest BCUT2D eigenvalue weighted by Crippen LogP contribution is 2.11. The van der Waals surface area contributed by atoms with Crippen molar-refractivity contribution in [2.24, 2.45) is 0 Å². The van der Waals surface area contributed by atoms with Gasteiger partial charge in [0.15, 0.2) is 0 Å². The Morgan fingerprint density at radius 2 is 1.94 bits per heavy atom. The van der Waals surface area contributed by atoms with Gasteiger partial charge in [-0.25, -0.2) is 0 Å². The Kier molecular flexibility index (Phi) is 6.78. The first-order valence-corrected chi connectivity index (χ1v) is 7.07. The SMILES string of the molecule is CCNC(C)CCN(C)Cc1ccc(Br)cc1. The summed E-state index contributed by atoms with van der Waals surface area (Å²) in [6, 6.07) is 9.16. The van der Waals surface area contributed by atoms with Crippen molar-refractivity contribution < 1.29 is 0 Å². The molecule has 0 radical (unpaired) electrons. The van der Waals surface area contributed by atoms with Gasteiger partial charge in [-0.1, -0.05) is 35.0 Å². The van der Waals surface area contributed by atoms with E-state index in [1.54, 1.807) is 0 Å². The number of halogens is 1. The molecule has 1 rings (SSSR count). The fourth-order valence-electron chi connectivity index (χ4n) is 1.85. The largest absolute Gasteiger partial charge is 0.314 e. The molecule has 0 bridgehead atoms. The van der Waals surface area contributed by atoms with Crippen LogP contribution in [0.25, 0.3) is 0 Å². The molecule has 17 heavy (non-hydrogen) atoms. The molecule has 0 spiro atoms. The molecule has 0 saturated carbocycles. The van der Waals surface area contributed by atoms with Gasteiger partial charge in [0.1, 0.15) is 0 Å². The maximum atomic E-state index is 3.46. The number of hydrogen-bond donors (Lipinski definition) is 1. The summed E-state index contributed by atoms with van der Waals surface area (Å²) in [5.41, 5.74) is 1.37. The molecule has 1 unspecified atom stereocenters. The molecule has 3 heteroatoms. The highest BCUT2D eigenvalue weighted by atomic mass is 79.9. The first-order valence-electron chi connectivity index (χ1n) is 6.28. The summed E-state index contributed by atoms with van der Waals surface area (Å²) < 4.78 is 1.14. The van der Waals surface area contributed by atoms with Crippen LogP contribution >= 0.6 is 15.9 Å². The lowest BCUT2D eigenvalue weighted by Gasteiger charge is -2.19. The monoisotopic (exact) mass is 298 g/mol. The summed E-state index contributed by atoms with van der Waals surface area (Å²) >= 11 is 3.46. The summed E-state index contributed by atoms with van der Waals surface area (Å²) in [5.74, 6) is 0. The molecular weight excluding hydrogens is 276 g/mol. The smallest absolute Gasteiger partial charge is 0.0230 e. The third-order valence-electron chi connectivity index (χ3n) is 2.86. The molecule has 0 aliphatic carbocycles. The van der Waals surface area contributed by atoms with E-state index >= 15 is 0 Å². The van der Waals surface area contributed by atoms with Crippen molar-refractivity contribution in [2.75, 3.05) is 20.1 Å². The van der Waals surface area contributed by atoms with Gasteiger partial charge in [-0.15, -0.1) is 0 Å². The van der Waals surface area contributed by atoms with Crippen LogP contribution in [0.1, 0.15) is 25.8 Å². The summed E-state index contributed by atoms with van der Waals surface area (Å²) in [4.78, 5) is 2.37. The van der Waals surface area contributed by atoms with Crippen LogP contribution in [0.15, 0.2) is 28.7 Å². The Labute approximate surface area is 114 Å². The standard InChI is InChI=1S/C14H23BrN2/c1-4-16-12(2)9-10-17(3)11-13-5-7-14(15)8-6-13/h5-8,12,16H,4,9-11H2,1-3H3. The second kappa shape index (κ2) is 7.85. The highest BCUT2D eigenvalue weighted by molar-refractivity contribution is 9.10. The van der Waals surface area contributed by atoms with Gasteiger partial charge < -0.3 is 10.2 Å². The van der Waals surface area contributed by atoms with Gasteiger partial charge in [0.2, 0.25) is 0 Å². The van der Waals surface area contributed by atoms with E-state index in [0.717, 1.165) is 24.1 Å². The van der Waals surface area contributed by atoms with Gasteiger partial charge in [0.05, 0.1) is 0 Å². The van der Waals surface area contributed by atoms with Crippen LogP contribution in [0.4, 0.5) is 0 Å². The summed E-state index contributed by atoms with van der Waals surface area (Å²) in [6.07, 6.45) is 1.20. The van der Waals surface area contributed by atoms with Crippen LogP contribution in [0, 0.1) is 0 Å². The maximum absolute atomic E-state index is 3.46. The van der Waals surface area contributed by atoms with Crippen molar-refractivity contribution in [3.8, 4) is 0 Å². The van der Waals surface area contributed by atoms with Gasteiger partial charge >= 0.3 is 0 Å². The minimum Gasteiger partial charge on any atom is -0.314 e. The van der Waals surface area contributed by atoms with Crippen LogP contribution in [-0.2, 0) is 6.54 Å². The molecule has 1 N–H and O–H groups in total. The number of nitrogens with one attached hydrogen (secondary N) is 1. The predicted octanol–water partition coefficient (Wildman–Crippen LogP) is 3.27. The van der Waals surface area contributed by atoms with E-state index in [9.17, 15) is 0 Å². The van der Waals surface area contributed by atoms with E-state index in [-0.39, 0.29) is 0 Å². The van der Waals surface area contributed by atoms with Crippen molar-refractivity contribution in [3.63, 3.8) is 0 Å². The highest BCUT2D eigenvalue weighted by Gasteiger charge is 2.04. The number of hydrogen-bond acceptors (Lipinski definition) is 2. The predicted molar refractivity (Wildman–Crippen MR) is 78.2 cm³/mol. The molecule has 0 heterocycles. The molecule has 0 aliphatic rings. The molecule has 0 aliphatic heterocycles. The maximum Gasteiger partial charge on any atom is 0.0230 e. The zero-order valence-electron chi connectivity index (χ0n) is 11.0. The van der Waals surface area contributed by atoms with Crippen LogP contribution in [0.2, 0.25) is 0 Å². The normalized spacial score (nSPS) is 13.0. The van der Waals surface area contributed by atoms with Crippen molar-refractivity contribution in [3.05, 3.63) is 34.3 Å². The molecule has 0 aromatic heterocycles. The minimum atomic E-state index is 0.604. The van der Waals surface area contributed by atoms with Crippen LogP contribution < -0.4 is 5.32 Å². The minimum absolute atomic E-state index is 0.604. The Bertz CT molecular complexity index is 311. The lowest BCUT2D eigenvalue weighted by molar-refractivity contribution is 0.304. The van der Waals surface area contributed by atoms with Gasteiger partial charge in [-0.3, -0.25) is 0 Å².